The Labute approximate surface area is 186 Å². The quantitative estimate of drug-likeness (QED) is 0.692. The first kappa shape index (κ1) is 21.5. The van der Waals surface area contributed by atoms with E-state index < -0.39 is 12.1 Å². The van der Waals surface area contributed by atoms with E-state index in [1.807, 2.05) is 37.4 Å². The fraction of sp³-hybridized carbons (Fsp3) is 0.478. The first-order valence-corrected chi connectivity index (χ1v) is 11.7. The van der Waals surface area contributed by atoms with Crippen LogP contribution in [0.4, 0.5) is 5.69 Å². The fourth-order valence-corrected chi connectivity index (χ4v) is 4.87. The minimum absolute atomic E-state index is 0.108. The number of benzene rings is 1. The third kappa shape index (κ3) is 4.49. The Balaban J connectivity index is 1.55. The van der Waals surface area contributed by atoms with E-state index in [1.54, 1.807) is 11.1 Å². The van der Waals surface area contributed by atoms with Gasteiger partial charge >= 0.3 is 0 Å². The van der Waals surface area contributed by atoms with E-state index >= 15 is 0 Å². The minimum atomic E-state index is -0.621. The van der Waals surface area contributed by atoms with E-state index in [1.165, 1.54) is 11.3 Å². The van der Waals surface area contributed by atoms with Gasteiger partial charge in [0.2, 0.25) is 17.7 Å². The second-order valence-corrected chi connectivity index (χ2v) is 9.35. The molecule has 3 amide bonds. The van der Waals surface area contributed by atoms with Crippen LogP contribution in [0.2, 0.25) is 0 Å². The van der Waals surface area contributed by atoms with Gasteiger partial charge in [0, 0.05) is 24.4 Å². The molecule has 3 atom stereocenters. The van der Waals surface area contributed by atoms with E-state index in [0.29, 0.717) is 32.2 Å². The van der Waals surface area contributed by atoms with E-state index in [9.17, 15) is 14.4 Å². The normalized spacial score (nSPS) is 20.7. The Morgan fingerprint density at radius 1 is 1.32 bits per heavy atom. The number of aryl methyl sites for hydroxylation is 1. The molecule has 1 aromatic heterocycles. The highest BCUT2D eigenvalue weighted by molar-refractivity contribution is 7.09. The fourth-order valence-electron chi connectivity index (χ4n) is 4.31. The number of rotatable bonds is 7. The molecule has 1 aromatic carbocycles. The molecule has 2 aliphatic rings. The molecule has 7 nitrogen and oxygen atoms in total. The highest BCUT2D eigenvalue weighted by Gasteiger charge is 2.43. The van der Waals surface area contributed by atoms with Gasteiger partial charge in [-0.2, -0.15) is 0 Å². The number of aromatic nitrogens is 1. The van der Waals surface area contributed by atoms with E-state index in [2.05, 4.69) is 15.6 Å². The molecule has 3 heterocycles. The average molecular weight is 441 g/mol. The van der Waals surface area contributed by atoms with Crippen molar-refractivity contribution in [2.24, 2.45) is 5.92 Å². The molecule has 2 N–H and O–H groups in total. The number of carbonyl (C=O) groups is 3. The lowest BCUT2D eigenvalue weighted by molar-refractivity contribution is -0.129. The van der Waals surface area contributed by atoms with Crippen molar-refractivity contribution >= 4 is 34.7 Å². The van der Waals surface area contributed by atoms with Crippen molar-refractivity contribution < 1.29 is 14.4 Å². The number of hydrogen-bond acceptors (Lipinski definition) is 5. The number of anilines is 1. The zero-order valence-corrected chi connectivity index (χ0v) is 18.7. The van der Waals surface area contributed by atoms with Crippen LogP contribution < -0.4 is 15.5 Å². The Morgan fingerprint density at radius 3 is 2.87 bits per heavy atom. The summed E-state index contributed by atoms with van der Waals surface area (Å²) in [6.45, 7) is 4.42. The maximum atomic E-state index is 13.5. The Kier molecular flexibility index (Phi) is 6.36. The molecule has 0 aliphatic carbocycles. The molecule has 164 valence electrons. The predicted octanol–water partition coefficient (Wildman–Crippen LogP) is 2.58. The van der Waals surface area contributed by atoms with Crippen molar-refractivity contribution in [2.45, 2.75) is 64.6 Å². The molecule has 0 saturated carbocycles. The Bertz CT molecular complexity index is 975. The molecule has 0 spiro atoms. The molecule has 31 heavy (non-hydrogen) atoms. The number of carbonyl (C=O) groups excluding carboxylic acids is 3. The SMILES string of the molecule is CCC(C)CC(=O)NC1CCc2cccc3c2N(C1=O)C(C(=O)NCc1nccs1)C3. The van der Waals surface area contributed by atoms with Gasteiger partial charge in [-0.15, -0.1) is 11.3 Å². The standard InChI is InChI=1S/C23H28N4O3S/c1-3-14(2)11-19(28)26-17-8-7-15-5-4-6-16-12-18(27(21(15)16)23(17)30)22(29)25-13-20-24-9-10-31-20/h4-6,9-10,14,17-18H,3,7-8,11-13H2,1-2H3,(H,25,29)(H,26,28). The van der Waals surface area contributed by atoms with Crippen LogP contribution in [0.3, 0.4) is 0 Å². The number of nitrogens with zero attached hydrogens (tertiary/aromatic N) is 2. The van der Waals surface area contributed by atoms with E-state index in [4.69, 9.17) is 0 Å². The second-order valence-electron chi connectivity index (χ2n) is 8.37. The average Bonchev–Trinajstić information content (AvgIpc) is 3.39. The Hall–Kier alpha value is -2.74. The van der Waals surface area contributed by atoms with Crippen molar-refractivity contribution in [1.82, 2.24) is 15.6 Å². The van der Waals surface area contributed by atoms with Crippen LogP contribution in [0, 0.1) is 5.92 Å². The van der Waals surface area contributed by atoms with Crippen molar-refractivity contribution in [1.29, 1.82) is 0 Å². The van der Waals surface area contributed by atoms with Crippen molar-refractivity contribution in [2.75, 3.05) is 4.90 Å². The summed E-state index contributed by atoms with van der Waals surface area (Å²) in [4.78, 5) is 44.9. The molecule has 3 unspecified atom stereocenters. The summed E-state index contributed by atoms with van der Waals surface area (Å²) >= 11 is 1.48. The van der Waals surface area contributed by atoms with E-state index in [0.717, 1.165) is 28.2 Å². The molecule has 0 fully saturated rings. The summed E-state index contributed by atoms with van der Waals surface area (Å²) in [5.41, 5.74) is 2.91. The smallest absolute Gasteiger partial charge is 0.250 e. The lowest BCUT2D eigenvalue weighted by atomic mass is 10.0. The lowest BCUT2D eigenvalue weighted by Crippen LogP contribution is -2.54. The highest BCUT2D eigenvalue weighted by atomic mass is 32.1. The molecule has 2 aromatic rings. The summed E-state index contributed by atoms with van der Waals surface area (Å²) in [5, 5.41) is 8.55. The van der Waals surface area contributed by atoms with Crippen LogP contribution >= 0.6 is 11.3 Å². The molecule has 0 radical (unpaired) electrons. The van der Waals surface area contributed by atoms with Gasteiger partial charge in [-0.1, -0.05) is 38.5 Å². The zero-order valence-electron chi connectivity index (χ0n) is 17.9. The van der Waals surface area contributed by atoms with Crippen LogP contribution in [-0.2, 0) is 33.8 Å². The summed E-state index contributed by atoms with van der Waals surface area (Å²) < 4.78 is 0. The third-order valence-electron chi connectivity index (χ3n) is 6.17. The predicted molar refractivity (Wildman–Crippen MR) is 120 cm³/mol. The largest absolute Gasteiger partial charge is 0.348 e. The van der Waals surface area contributed by atoms with Gasteiger partial charge in [-0.25, -0.2) is 4.98 Å². The summed E-state index contributed by atoms with van der Waals surface area (Å²) in [6.07, 6.45) is 4.71. The van der Waals surface area contributed by atoms with Crippen molar-refractivity contribution in [3.63, 3.8) is 0 Å². The first-order valence-electron chi connectivity index (χ1n) is 10.9. The summed E-state index contributed by atoms with van der Waals surface area (Å²) in [5.74, 6) is -0.239. The van der Waals surface area contributed by atoms with Crippen LogP contribution in [-0.4, -0.2) is 34.8 Å². The molecular weight excluding hydrogens is 412 g/mol. The third-order valence-corrected chi connectivity index (χ3v) is 6.95. The summed E-state index contributed by atoms with van der Waals surface area (Å²) in [6, 6.07) is 4.74. The molecule has 0 saturated heterocycles. The zero-order chi connectivity index (χ0) is 22.0. The van der Waals surface area contributed by atoms with Crippen molar-refractivity contribution in [3.8, 4) is 0 Å². The highest BCUT2D eigenvalue weighted by Crippen LogP contribution is 2.39. The monoisotopic (exact) mass is 440 g/mol. The molecule has 0 bridgehead atoms. The number of nitrogens with one attached hydrogen (secondary N) is 2. The van der Waals surface area contributed by atoms with Gasteiger partial charge in [0.15, 0.2) is 0 Å². The summed E-state index contributed by atoms with van der Waals surface area (Å²) in [7, 11) is 0. The van der Waals surface area contributed by atoms with Crippen LogP contribution in [0.15, 0.2) is 29.8 Å². The number of thiazole rings is 1. The van der Waals surface area contributed by atoms with Gasteiger partial charge in [0.1, 0.15) is 17.1 Å². The van der Waals surface area contributed by atoms with Gasteiger partial charge in [-0.3, -0.25) is 19.3 Å². The maximum absolute atomic E-state index is 13.5. The molecule has 2 aliphatic heterocycles. The minimum Gasteiger partial charge on any atom is -0.348 e. The van der Waals surface area contributed by atoms with Crippen molar-refractivity contribution in [3.05, 3.63) is 45.9 Å². The second kappa shape index (κ2) is 9.18. The molecule has 8 heteroatoms. The van der Waals surface area contributed by atoms with Gasteiger partial charge in [-0.05, 0) is 29.9 Å². The lowest BCUT2D eigenvalue weighted by Gasteiger charge is -2.28. The van der Waals surface area contributed by atoms with Crippen LogP contribution in [0.25, 0.3) is 0 Å². The van der Waals surface area contributed by atoms with Gasteiger partial charge < -0.3 is 10.6 Å². The molecular formula is C23H28N4O3S. The maximum Gasteiger partial charge on any atom is 0.250 e. The van der Waals surface area contributed by atoms with Crippen LogP contribution in [0.1, 0.15) is 49.2 Å². The molecule has 4 rings (SSSR count). The van der Waals surface area contributed by atoms with Gasteiger partial charge in [0.05, 0.1) is 12.2 Å². The Morgan fingerprint density at radius 2 is 2.13 bits per heavy atom. The first-order chi connectivity index (χ1) is 15.0. The number of para-hydroxylation sites is 1. The van der Waals surface area contributed by atoms with Crippen LogP contribution in [0.5, 0.6) is 0 Å². The number of amides is 3. The topological polar surface area (TPSA) is 91.4 Å². The van der Waals surface area contributed by atoms with E-state index in [-0.39, 0.29) is 23.6 Å². The van der Waals surface area contributed by atoms with Gasteiger partial charge in [0.25, 0.3) is 0 Å². The number of hydrogen-bond donors (Lipinski definition) is 2.